The van der Waals surface area contributed by atoms with Gasteiger partial charge < -0.3 is 20.3 Å². The molecular weight excluding hydrogens is 409 g/mol. The maximum Gasteiger partial charge on any atom is 0.305 e. The lowest BCUT2D eigenvalue weighted by Crippen LogP contribution is -2.46. The van der Waals surface area contributed by atoms with Crippen LogP contribution in [0.15, 0.2) is 47.4 Å². The van der Waals surface area contributed by atoms with Crippen LogP contribution in [0.25, 0.3) is 11.1 Å². The molecule has 164 valence electrons. The van der Waals surface area contributed by atoms with Gasteiger partial charge in [0.15, 0.2) is 5.78 Å². The number of carboxylic acid groups (broad SMARTS) is 1. The van der Waals surface area contributed by atoms with E-state index in [9.17, 15) is 28.4 Å². The molecule has 0 aromatic carbocycles. The standard InChI is InChI=1S/C15H18FN3O6.C6H4/c1-8(14(24)18-11(6-13(22)23)12(21)7-16)19-5-3-4-10(15(19)25)17-9(2)20;1-2-5-4-6(5)3-1/h3-5,8,11H,6-7H2,1-2H3,(H,17,20)(H,18,24)(H,22,23);1-4H. The number of carboxylic acids is 1. The number of hydrogen-bond donors (Lipinski definition) is 3. The smallest absolute Gasteiger partial charge is 0.305 e. The van der Waals surface area contributed by atoms with Crippen LogP contribution in [0.5, 0.6) is 0 Å². The van der Waals surface area contributed by atoms with Crippen LogP contribution in [0.1, 0.15) is 26.3 Å². The molecule has 0 saturated heterocycles. The second-order valence-electron chi connectivity index (χ2n) is 6.83. The van der Waals surface area contributed by atoms with Crippen molar-refractivity contribution in [2.75, 3.05) is 12.0 Å². The Morgan fingerprint density at radius 2 is 1.77 bits per heavy atom. The first-order valence-corrected chi connectivity index (χ1v) is 9.34. The van der Waals surface area contributed by atoms with Crippen molar-refractivity contribution in [1.82, 2.24) is 9.88 Å². The molecular formula is C21H22FN3O6. The zero-order valence-corrected chi connectivity index (χ0v) is 16.9. The lowest BCUT2D eigenvalue weighted by atomic mass is 10.1. The second-order valence-corrected chi connectivity index (χ2v) is 6.83. The number of halogens is 1. The van der Waals surface area contributed by atoms with E-state index in [0.717, 1.165) is 4.57 Å². The largest absolute Gasteiger partial charge is 0.481 e. The molecule has 1 aromatic heterocycles. The van der Waals surface area contributed by atoms with Crippen molar-refractivity contribution in [1.29, 1.82) is 0 Å². The minimum absolute atomic E-state index is 0.0448. The summed E-state index contributed by atoms with van der Waals surface area (Å²) in [7, 11) is 0. The highest BCUT2D eigenvalue weighted by Crippen LogP contribution is 2.32. The van der Waals surface area contributed by atoms with E-state index in [2.05, 4.69) is 34.9 Å². The van der Waals surface area contributed by atoms with Crippen molar-refractivity contribution in [3.63, 3.8) is 0 Å². The number of carbonyl (C=O) groups is 4. The summed E-state index contributed by atoms with van der Waals surface area (Å²) in [6.45, 7) is 1.13. The van der Waals surface area contributed by atoms with Crippen molar-refractivity contribution in [2.24, 2.45) is 0 Å². The molecule has 0 fully saturated rings. The zero-order valence-electron chi connectivity index (χ0n) is 16.9. The number of alkyl halides is 1. The number of aliphatic carboxylic acids is 1. The van der Waals surface area contributed by atoms with Crippen LogP contribution < -0.4 is 16.2 Å². The van der Waals surface area contributed by atoms with Gasteiger partial charge in [-0.3, -0.25) is 24.0 Å². The van der Waals surface area contributed by atoms with Gasteiger partial charge in [0.2, 0.25) is 11.8 Å². The second kappa shape index (κ2) is 10.3. The van der Waals surface area contributed by atoms with E-state index in [0.29, 0.717) is 0 Å². The number of anilines is 1. The molecule has 0 saturated carbocycles. The van der Waals surface area contributed by atoms with E-state index in [1.807, 2.05) is 0 Å². The molecule has 0 bridgehead atoms. The van der Waals surface area contributed by atoms with Crippen molar-refractivity contribution < 1.29 is 28.7 Å². The number of Topliss-reactive ketones (excluding diaryl/α,β-unsaturated/α-hetero) is 1. The Morgan fingerprint density at radius 3 is 2.23 bits per heavy atom. The van der Waals surface area contributed by atoms with Crippen LogP contribution in [0.3, 0.4) is 0 Å². The lowest BCUT2D eigenvalue weighted by Gasteiger charge is -2.20. The number of carbonyl (C=O) groups excluding carboxylic acids is 3. The number of nitrogens with one attached hydrogen (secondary N) is 2. The Hall–Kier alpha value is -3.82. The van der Waals surface area contributed by atoms with Crippen molar-refractivity contribution in [3.8, 4) is 11.1 Å². The van der Waals surface area contributed by atoms with Crippen LogP contribution >= 0.6 is 0 Å². The van der Waals surface area contributed by atoms with Gasteiger partial charge in [0.1, 0.15) is 24.4 Å². The highest BCUT2D eigenvalue weighted by Gasteiger charge is 2.26. The molecule has 9 nitrogen and oxygen atoms in total. The Bertz CT molecular complexity index is 1050. The van der Waals surface area contributed by atoms with E-state index >= 15 is 0 Å². The van der Waals surface area contributed by atoms with Gasteiger partial charge in [-0.25, -0.2) is 4.39 Å². The number of aromatic nitrogens is 1. The molecule has 10 heteroatoms. The summed E-state index contributed by atoms with van der Waals surface area (Å²) >= 11 is 0. The predicted molar refractivity (Wildman–Crippen MR) is 110 cm³/mol. The number of amides is 2. The highest BCUT2D eigenvalue weighted by molar-refractivity contribution is 5.93. The van der Waals surface area contributed by atoms with Crippen LogP contribution in [-0.4, -0.2) is 46.0 Å². The summed E-state index contributed by atoms with van der Waals surface area (Å²) in [5.74, 6) is -3.77. The molecule has 2 aliphatic carbocycles. The molecule has 2 atom stereocenters. The summed E-state index contributed by atoms with van der Waals surface area (Å²) in [5.41, 5.74) is 2.15. The summed E-state index contributed by atoms with van der Waals surface area (Å²) in [4.78, 5) is 57.7. The summed E-state index contributed by atoms with van der Waals surface area (Å²) in [6.07, 6.45) is 0.517. The average molecular weight is 431 g/mol. The first-order valence-electron chi connectivity index (χ1n) is 9.34. The van der Waals surface area contributed by atoms with E-state index in [4.69, 9.17) is 5.11 Å². The van der Waals surface area contributed by atoms with Gasteiger partial charge in [0.05, 0.1) is 6.42 Å². The van der Waals surface area contributed by atoms with Gasteiger partial charge in [-0.2, -0.15) is 0 Å². The Labute approximate surface area is 176 Å². The van der Waals surface area contributed by atoms with Crippen molar-refractivity contribution in [2.45, 2.75) is 32.4 Å². The maximum absolute atomic E-state index is 12.5. The molecule has 31 heavy (non-hydrogen) atoms. The Kier molecular flexibility index (Phi) is 7.78. The van der Waals surface area contributed by atoms with Crippen molar-refractivity contribution in [3.05, 3.63) is 52.9 Å². The first-order chi connectivity index (χ1) is 14.6. The van der Waals surface area contributed by atoms with Gasteiger partial charge in [-0.1, -0.05) is 18.2 Å². The number of ketones is 1. The molecule has 2 unspecified atom stereocenters. The zero-order chi connectivity index (χ0) is 23.1. The highest BCUT2D eigenvalue weighted by atomic mass is 19.1. The summed E-state index contributed by atoms with van der Waals surface area (Å²) < 4.78 is 13.5. The number of pyridine rings is 1. The number of nitrogens with zero attached hydrogens (tertiary/aromatic N) is 1. The topological polar surface area (TPSA) is 135 Å². The Morgan fingerprint density at radius 1 is 1.13 bits per heavy atom. The molecule has 0 aliphatic heterocycles. The summed E-state index contributed by atoms with van der Waals surface area (Å²) in [6, 6.07) is 8.61. The average Bonchev–Trinajstić information content (AvgIpc) is 3.32. The van der Waals surface area contributed by atoms with Crippen LogP contribution in [0.4, 0.5) is 10.1 Å². The SMILES string of the molecule is CC(=O)Nc1cccn(C(C)C(=O)NC(CC(=O)O)C(=O)CF)c1=O.c1cc2cc-2c1. The van der Waals surface area contributed by atoms with E-state index in [1.54, 1.807) is 0 Å². The van der Waals surface area contributed by atoms with Gasteiger partial charge in [-0.15, -0.1) is 0 Å². The Balaban J connectivity index is 0.000000474. The summed E-state index contributed by atoms with van der Waals surface area (Å²) in [5, 5.41) is 13.2. The minimum Gasteiger partial charge on any atom is -0.481 e. The molecule has 0 radical (unpaired) electrons. The molecule has 2 amide bonds. The van der Waals surface area contributed by atoms with Crippen LogP contribution in [-0.2, 0) is 19.2 Å². The quantitative estimate of drug-likeness (QED) is 0.495. The van der Waals surface area contributed by atoms with E-state index < -0.39 is 54.3 Å². The fourth-order valence-corrected chi connectivity index (χ4v) is 2.71. The number of hydrogen-bond acceptors (Lipinski definition) is 5. The van der Waals surface area contributed by atoms with Gasteiger partial charge >= 0.3 is 5.97 Å². The number of rotatable bonds is 8. The van der Waals surface area contributed by atoms with Gasteiger partial charge in [-0.05, 0) is 36.2 Å². The molecule has 3 rings (SSSR count). The molecule has 1 aromatic rings. The van der Waals surface area contributed by atoms with Crippen molar-refractivity contribution >= 4 is 29.3 Å². The van der Waals surface area contributed by atoms with E-state index in [1.165, 1.54) is 43.3 Å². The third kappa shape index (κ3) is 6.59. The van der Waals surface area contributed by atoms with Crippen LogP contribution in [0, 0.1) is 0 Å². The third-order valence-corrected chi connectivity index (χ3v) is 4.41. The van der Waals surface area contributed by atoms with E-state index in [-0.39, 0.29) is 5.69 Å². The third-order valence-electron chi connectivity index (χ3n) is 4.41. The van der Waals surface area contributed by atoms with Gasteiger partial charge in [0.25, 0.3) is 5.56 Å². The monoisotopic (exact) mass is 431 g/mol. The number of benzene rings is 1. The molecule has 1 heterocycles. The number of fused-ring (bicyclic) bond motifs is 1. The molecule has 0 spiro atoms. The first kappa shape index (κ1) is 23.5. The fraction of sp³-hybridized carbons (Fsp3) is 0.286. The van der Waals surface area contributed by atoms with Crippen LogP contribution in [0.2, 0.25) is 0 Å². The maximum atomic E-state index is 12.5. The normalized spacial score (nSPS) is 12.5. The molecule has 2 aliphatic rings. The lowest BCUT2D eigenvalue weighted by molar-refractivity contribution is -0.140. The molecule has 3 N–H and O–H groups in total. The fourth-order valence-electron chi connectivity index (χ4n) is 2.71. The predicted octanol–water partition coefficient (Wildman–Crippen LogP) is 1.53. The minimum atomic E-state index is -1.54. The van der Waals surface area contributed by atoms with Gasteiger partial charge in [0, 0.05) is 13.1 Å².